The van der Waals surface area contributed by atoms with Crippen molar-refractivity contribution < 1.29 is 14.7 Å². The highest BCUT2D eigenvalue weighted by Crippen LogP contribution is 2.22. The van der Waals surface area contributed by atoms with Gasteiger partial charge in [-0.15, -0.1) is 0 Å². The molecule has 0 saturated heterocycles. The van der Waals surface area contributed by atoms with E-state index < -0.39 is 17.4 Å². The van der Waals surface area contributed by atoms with Gasteiger partial charge in [0.25, 0.3) is 0 Å². The number of urea groups is 1. The molecular formula is C15H17N3O3. The number of aromatic nitrogens is 1. The van der Waals surface area contributed by atoms with Gasteiger partial charge in [0.2, 0.25) is 0 Å². The fourth-order valence-corrected chi connectivity index (χ4v) is 1.77. The number of pyridine rings is 1. The van der Waals surface area contributed by atoms with Gasteiger partial charge in [-0.3, -0.25) is 9.78 Å². The number of hydrogen-bond donors (Lipinski definition) is 3. The number of hydrogen-bond acceptors (Lipinski definition) is 3. The summed E-state index contributed by atoms with van der Waals surface area (Å²) in [4.78, 5) is 26.9. The van der Waals surface area contributed by atoms with E-state index in [-0.39, 0.29) is 6.54 Å². The summed E-state index contributed by atoms with van der Waals surface area (Å²) in [5.74, 6) is -0.961. The highest BCUT2D eigenvalue weighted by Gasteiger charge is 2.27. The van der Waals surface area contributed by atoms with E-state index in [9.17, 15) is 9.59 Å². The topological polar surface area (TPSA) is 91.3 Å². The molecule has 3 N–H and O–H groups in total. The Morgan fingerprint density at radius 1 is 1.29 bits per heavy atom. The summed E-state index contributed by atoms with van der Waals surface area (Å²) in [7, 11) is 0. The molecule has 0 unspecified atom stereocenters. The van der Waals surface area contributed by atoms with E-state index in [1.54, 1.807) is 32.3 Å². The van der Waals surface area contributed by atoms with Crippen LogP contribution in [-0.4, -0.2) is 28.6 Å². The monoisotopic (exact) mass is 287 g/mol. The van der Waals surface area contributed by atoms with E-state index in [2.05, 4.69) is 15.6 Å². The number of rotatable bonds is 4. The van der Waals surface area contributed by atoms with Crippen molar-refractivity contribution in [3.8, 4) is 0 Å². The van der Waals surface area contributed by atoms with Gasteiger partial charge in [-0.1, -0.05) is 12.1 Å². The number of nitrogens with one attached hydrogen (secondary N) is 2. The summed E-state index contributed by atoms with van der Waals surface area (Å²) >= 11 is 0. The lowest BCUT2D eigenvalue weighted by Gasteiger charge is -2.19. The van der Waals surface area contributed by atoms with E-state index in [4.69, 9.17) is 5.11 Å². The van der Waals surface area contributed by atoms with Crippen LogP contribution in [0.3, 0.4) is 0 Å². The van der Waals surface area contributed by atoms with Crippen LogP contribution in [-0.2, 0) is 4.79 Å². The summed E-state index contributed by atoms with van der Waals surface area (Å²) in [6, 6.07) is 6.94. The molecule has 0 fully saturated rings. The van der Waals surface area contributed by atoms with Gasteiger partial charge in [-0.2, -0.15) is 0 Å². The molecule has 0 radical (unpaired) electrons. The minimum absolute atomic E-state index is 0.0389. The van der Waals surface area contributed by atoms with E-state index >= 15 is 0 Å². The second-order valence-corrected chi connectivity index (χ2v) is 5.40. The first-order valence-electron chi connectivity index (χ1n) is 6.51. The van der Waals surface area contributed by atoms with Gasteiger partial charge < -0.3 is 15.7 Å². The molecule has 0 bridgehead atoms. The van der Waals surface area contributed by atoms with Crippen molar-refractivity contribution in [1.29, 1.82) is 0 Å². The first kappa shape index (κ1) is 14.8. The summed E-state index contributed by atoms with van der Waals surface area (Å²) < 4.78 is 0. The van der Waals surface area contributed by atoms with Gasteiger partial charge >= 0.3 is 12.0 Å². The first-order chi connectivity index (χ1) is 9.90. The summed E-state index contributed by atoms with van der Waals surface area (Å²) in [6.07, 6.45) is 3.35. The third-order valence-corrected chi connectivity index (χ3v) is 3.20. The Hall–Kier alpha value is -2.63. The summed E-state index contributed by atoms with van der Waals surface area (Å²) in [5.41, 5.74) is -0.385. The number of nitrogens with zero attached hydrogens (tertiary/aromatic N) is 1. The molecule has 0 saturated carbocycles. The molecule has 2 amide bonds. The highest BCUT2D eigenvalue weighted by molar-refractivity contribution is 6.01. The van der Waals surface area contributed by atoms with Gasteiger partial charge in [0.15, 0.2) is 0 Å². The Balaban J connectivity index is 2.07. The maximum absolute atomic E-state index is 11.9. The zero-order valence-electron chi connectivity index (χ0n) is 11.9. The summed E-state index contributed by atoms with van der Waals surface area (Å²) in [6.45, 7) is 3.14. The number of carbonyl (C=O) groups is 2. The third-order valence-electron chi connectivity index (χ3n) is 3.20. The number of amides is 2. The smallest absolute Gasteiger partial charge is 0.319 e. The maximum atomic E-state index is 11.9. The van der Waals surface area contributed by atoms with Crippen molar-refractivity contribution >= 4 is 28.5 Å². The Kier molecular flexibility index (Phi) is 4.07. The van der Waals surface area contributed by atoms with Crippen LogP contribution in [0.4, 0.5) is 10.5 Å². The predicted octanol–water partition coefficient (Wildman–Crippen LogP) is 2.47. The van der Waals surface area contributed by atoms with Crippen LogP contribution in [0.15, 0.2) is 36.7 Å². The number of carboxylic acid groups (broad SMARTS) is 1. The van der Waals surface area contributed by atoms with E-state index in [0.29, 0.717) is 5.69 Å². The molecule has 0 atom stereocenters. The Morgan fingerprint density at radius 2 is 2.05 bits per heavy atom. The second kappa shape index (κ2) is 5.78. The Bertz CT molecular complexity index is 677. The summed E-state index contributed by atoms with van der Waals surface area (Å²) in [5, 5.41) is 16.1. The van der Waals surface area contributed by atoms with E-state index in [1.807, 2.05) is 18.2 Å². The van der Waals surface area contributed by atoms with Gasteiger partial charge in [-0.05, 0) is 31.4 Å². The van der Waals surface area contributed by atoms with Crippen molar-refractivity contribution in [2.24, 2.45) is 5.41 Å². The number of fused-ring (bicyclic) bond motifs is 1. The van der Waals surface area contributed by atoms with Gasteiger partial charge in [0.05, 0.1) is 11.1 Å². The van der Waals surface area contributed by atoms with Crippen molar-refractivity contribution in [3.63, 3.8) is 0 Å². The number of benzene rings is 1. The van der Waals surface area contributed by atoms with Crippen LogP contribution in [0.2, 0.25) is 0 Å². The quantitative estimate of drug-likeness (QED) is 0.805. The Morgan fingerprint density at radius 3 is 2.76 bits per heavy atom. The number of carboxylic acids is 1. The van der Waals surface area contributed by atoms with Crippen molar-refractivity contribution in [2.45, 2.75) is 13.8 Å². The van der Waals surface area contributed by atoms with Gasteiger partial charge in [0.1, 0.15) is 0 Å². The van der Waals surface area contributed by atoms with E-state index in [0.717, 1.165) is 10.8 Å². The molecule has 0 aliphatic heterocycles. The second-order valence-electron chi connectivity index (χ2n) is 5.40. The number of anilines is 1. The van der Waals surface area contributed by atoms with Crippen LogP contribution in [0.5, 0.6) is 0 Å². The van der Waals surface area contributed by atoms with Crippen molar-refractivity contribution in [1.82, 2.24) is 10.3 Å². The zero-order chi connectivity index (χ0) is 15.5. The number of aliphatic carboxylic acids is 1. The molecule has 2 rings (SSSR count). The third kappa shape index (κ3) is 3.47. The molecule has 6 nitrogen and oxygen atoms in total. The molecule has 21 heavy (non-hydrogen) atoms. The lowest BCUT2D eigenvalue weighted by atomic mass is 9.94. The minimum Gasteiger partial charge on any atom is -0.481 e. The van der Waals surface area contributed by atoms with Gasteiger partial charge in [-0.25, -0.2) is 4.79 Å². The first-order valence-corrected chi connectivity index (χ1v) is 6.51. The molecule has 0 spiro atoms. The van der Waals surface area contributed by atoms with Crippen molar-refractivity contribution in [2.75, 3.05) is 11.9 Å². The fraction of sp³-hybridized carbons (Fsp3) is 0.267. The normalized spacial score (nSPS) is 11.1. The molecular weight excluding hydrogens is 270 g/mol. The lowest BCUT2D eigenvalue weighted by molar-refractivity contribution is -0.146. The molecule has 2 aromatic rings. The molecule has 0 aliphatic carbocycles. The van der Waals surface area contributed by atoms with Crippen molar-refractivity contribution in [3.05, 3.63) is 36.7 Å². The van der Waals surface area contributed by atoms with E-state index in [1.165, 1.54) is 0 Å². The highest BCUT2D eigenvalue weighted by atomic mass is 16.4. The fourth-order valence-electron chi connectivity index (χ4n) is 1.77. The lowest BCUT2D eigenvalue weighted by Crippen LogP contribution is -2.40. The molecule has 1 heterocycles. The van der Waals surface area contributed by atoms with Gasteiger partial charge in [0, 0.05) is 24.3 Å². The zero-order valence-corrected chi connectivity index (χ0v) is 11.9. The molecule has 0 aliphatic rings. The predicted molar refractivity (Wildman–Crippen MR) is 80.2 cm³/mol. The molecule has 1 aromatic carbocycles. The average molecular weight is 287 g/mol. The van der Waals surface area contributed by atoms with Crippen LogP contribution in [0.1, 0.15) is 13.8 Å². The molecule has 1 aromatic heterocycles. The standard InChI is InChI=1S/C15H17N3O3/c1-15(2,13(19)20)9-17-14(21)18-12-5-3-4-10-6-7-16-8-11(10)12/h3-8H,9H2,1-2H3,(H,19,20)(H2,17,18,21). The largest absolute Gasteiger partial charge is 0.481 e. The molecule has 6 heteroatoms. The van der Waals surface area contributed by atoms with Crippen LogP contribution in [0.25, 0.3) is 10.8 Å². The molecule has 110 valence electrons. The SMILES string of the molecule is CC(C)(CNC(=O)Nc1cccc2ccncc12)C(=O)O. The van der Waals surface area contributed by atoms with Crippen LogP contribution >= 0.6 is 0 Å². The van der Waals surface area contributed by atoms with Crippen LogP contribution in [0, 0.1) is 5.41 Å². The number of carbonyl (C=O) groups excluding carboxylic acids is 1. The maximum Gasteiger partial charge on any atom is 0.319 e. The average Bonchev–Trinajstić information content (AvgIpc) is 2.45. The van der Waals surface area contributed by atoms with Crippen LogP contribution < -0.4 is 10.6 Å². The Labute approximate surface area is 122 Å². The minimum atomic E-state index is -1.02.